The molecule has 2 N–H and O–H groups in total. The average molecular weight is 228 g/mol. The summed E-state index contributed by atoms with van der Waals surface area (Å²) in [4.78, 5) is 11.3. The molecule has 1 aliphatic rings. The van der Waals surface area contributed by atoms with E-state index in [1.165, 1.54) is 0 Å². The first kappa shape index (κ1) is 13.5. The highest BCUT2D eigenvalue weighted by Gasteiger charge is 2.28. The van der Waals surface area contributed by atoms with E-state index >= 15 is 0 Å². The lowest BCUT2D eigenvalue weighted by molar-refractivity contribution is -0.121. The van der Waals surface area contributed by atoms with Gasteiger partial charge in [-0.3, -0.25) is 4.79 Å². The van der Waals surface area contributed by atoms with Crippen LogP contribution in [0, 0.1) is 0 Å². The molecule has 0 aromatic rings. The third-order valence-electron chi connectivity index (χ3n) is 2.78. The fourth-order valence-corrected chi connectivity index (χ4v) is 1.93. The van der Waals surface area contributed by atoms with Crippen molar-refractivity contribution in [3.8, 4) is 0 Å². The van der Waals surface area contributed by atoms with Crippen LogP contribution in [0.5, 0.6) is 0 Å². The van der Waals surface area contributed by atoms with E-state index in [0.29, 0.717) is 6.42 Å². The van der Waals surface area contributed by atoms with Crippen molar-refractivity contribution in [3.05, 3.63) is 0 Å². The fourth-order valence-electron chi connectivity index (χ4n) is 1.93. The number of rotatable bonds is 6. The Morgan fingerprint density at radius 2 is 2.25 bits per heavy atom. The molecule has 0 radical (unpaired) electrons. The summed E-state index contributed by atoms with van der Waals surface area (Å²) >= 11 is 0. The number of carbonyl (C=O) groups excluding carboxylic acids is 1. The van der Waals surface area contributed by atoms with Gasteiger partial charge in [0.05, 0.1) is 5.60 Å². The van der Waals surface area contributed by atoms with Crippen molar-refractivity contribution in [2.24, 2.45) is 0 Å². The van der Waals surface area contributed by atoms with Gasteiger partial charge in [-0.15, -0.1) is 0 Å². The van der Waals surface area contributed by atoms with E-state index in [4.69, 9.17) is 4.74 Å². The molecule has 0 aliphatic carbocycles. The summed E-state index contributed by atoms with van der Waals surface area (Å²) in [6.07, 6.45) is 2.79. The van der Waals surface area contributed by atoms with Crippen LogP contribution in [0.15, 0.2) is 0 Å². The maximum Gasteiger partial charge on any atom is 0.221 e. The standard InChI is InChI=1S/C12H24N2O2/c1-10(2)14-11(15)5-7-13-9-12(3)6-4-8-16-12/h10,13H,4-9H2,1-3H3,(H,14,15). The summed E-state index contributed by atoms with van der Waals surface area (Å²) in [5, 5.41) is 6.16. The Hall–Kier alpha value is -0.610. The number of carbonyl (C=O) groups is 1. The number of hydrogen-bond acceptors (Lipinski definition) is 3. The van der Waals surface area contributed by atoms with E-state index in [1.807, 2.05) is 13.8 Å². The molecule has 0 saturated carbocycles. The highest BCUT2D eigenvalue weighted by atomic mass is 16.5. The zero-order chi connectivity index (χ0) is 12.0. The second-order valence-electron chi connectivity index (χ2n) is 5.05. The summed E-state index contributed by atoms with van der Waals surface area (Å²) < 4.78 is 5.65. The Balaban J connectivity index is 2.05. The van der Waals surface area contributed by atoms with Crippen LogP contribution in [0.2, 0.25) is 0 Å². The van der Waals surface area contributed by atoms with Crippen molar-refractivity contribution in [3.63, 3.8) is 0 Å². The topological polar surface area (TPSA) is 50.4 Å². The van der Waals surface area contributed by atoms with Gasteiger partial charge < -0.3 is 15.4 Å². The van der Waals surface area contributed by atoms with Crippen molar-refractivity contribution in [1.82, 2.24) is 10.6 Å². The van der Waals surface area contributed by atoms with Gasteiger partial charge >= 0.3 is 0 Å². The van der Waals surface area contributed by atoms with E-state index in [-0.39, 0.29) is 17.6 Å². The van der Waals surface area contributed by atoms with E-state index in [1.54, 1.807) is 0 Å². The number of ether oxygens (including phenoxy) is 1. The Morgan fingerprint density at radius 1 is 1.50 bits per heavy atom. The van der Waals surface area contributed by atoms with Crippen LogP contribution < -0.4 is 10.6 Å². The highest BCUT2D eigenvalue weighted by Crippen LogP contribution is 2.23. The van der Waals surface area contributed by atoms with Crippen molar-refractivity contribution in [1.29, 1.82) is 0 Å². The van der Waals surface area contributed by atoms with Gasteiger partial charge in [-0.1, -0.05) is 0 Å². The van der Waals surface area contributed by atoms with Crippen LogP contribution in [0.4, 0.5) is 0 Å². The first-order valence-electron chi connectivity index (χ1n) is 6.16. The molecule has 94 valence electrons. The minimum Gasteiger partial charge on any atom is -0.374 e. The molecule has 1 unspecified atom stereocenters. The molecule has 4 heteroatoms. The second kappa shape index (κ2) is 6.21. The largest absolute Gasteiger partial charge is 0.374 e. The first-order chi connectivity index (χ1) is 7.52. The van der Waals surface area contributed by atoms with Crippen LogP contribution in [0.1, 0.15) is 40.0 Å². The minimum absolute atomic E-state index is 0.0193. The van der Waals surface area contributed by atoms with Gasteiger partial charge in [0.2, 0.25) is 5.91 Å². The van der Waals surface area contributed by atoms with E-state index < -0.39 is 0 Å². The number of nitrogens with one attached hydrogen (secondary N) is 2. The van der Waals surface area contributed by atoms with Gasteiger partial charge in [0.1, 0.15) is 0 Å². The summed E-state index contributed by atoms with van der Waals surface area (Å²) in [6, 6.07) is 0.225. The second-order valence-corrected chi connectivity index (χ2v) is 5.05. The first-order valence-corrected chi connectivity index (χ1v) is 6.16. The number of amides is 1. The zero-order valence-corrected chi connectivity index (χ0v) is 10.6. The molecule has 1 amide bonds. The zero-order valence-electron chi connectivity index (χ0n) is 10.6. The molecule has 0 spiro atoms. The molecule has 16 heavy (non-hydrogen) atoms. The molecule has 4 nitrogen and oxygen atoms in total. The van der Waals surface area contributed by atoms with Crippen LogP contribution in [0.25, 0.3) is 0 Å². The summed E-state index contributed by atoms with van der Waals surface area (Å²) in [5.41, 5.74) is -0.0193. The maximum atomic E-state index is 11.3. The Labute approximate surface area is 98.1 Å². The SMILES string of the molecule is CC(C)NC(=O)CCNCC1(C)CCCO1. The third-order valence-corrected chi connectivity index (χ3v) is 2.78. The van der Waals surface area contributed by atoms with Gasteiger partial charge in [0.15, 0.2) is 0 Å². The van der Waals surface area contributed by atoms with Crippen LogP contribution in [0.3, 0.4) is 0 Å². The van der Waals surface area contributed by atoms with Crippen molar-refractivity contribution < 1.29 is 9.53 Å². The minimum atomic E-state index is -0.0193. The van der Waals surface area contributed by atoms with Gasteiger partial charge in [0.25, 0.3) is 0 Å². The molecule has 1 fully saturated rings. The molecule has 0 aromatic heterocycles. The Morgan fingerprint density at radius 3 is 2.81 bits per heavy atom. The summed E-state index contributed by atoms with van der Waals surface area (Å²) in [7, 11) is 0. The third kappa shape index (κ3) is 4.94. The molecular weight excluding hydrogens is 204 g/mol. The fraction of sp³-hybridized carbons (Fsp3) is 0.917. The lowest BCUT2D eigenvalue weighted by Crippen LogP contribution is -2.39. The van der Waals surface area contributed by atoms with Crippen LogP contribution >= 0.6 is 0 Å². The van der Waals surface area contributed by atoms with Crippen molar-refractivity contribution in [2.75, 3.05) is 19.7 Å². The average Bonchev–Trinajstić information content (AvgIpc) is 2.59. The molecule has 1 saturated heterocycles. The van der Waals surface area contributed by atoms with Gasteiger partial charge in [-0.05, 0) is 33.6 Å². The van der Waals surface area contributed by atoms with Crippen LogP contribution in [-0.4, -0.2) is 37.2 Å². The lowest BCUT2D eigenvalue weighted by Gasteiger charge is -2.23. The molecular formula is C12H24N2O2. The molecule has 1 rings (SSSR count). The summed E-state index contributed by atoms with van der Waals surface area (Å²) in [6.45, 7) is 8.49. The summed E-state index contributed by atoms with van der Waals surface area (Å²) in [5.74, 6) is 0.111. The van der Waals surface area contributed by atoms with E-state index in [2.05, 4.69) is 17.6 Å². The molecule has 0 aromatic carbocycles. The van der Waals surface area contributed by atoms with E-state index in [9.17, 15) is 4.79 Å². The van der Waals surface area contributed by atoms with Gasteiger partial charge in [-0.25, -0.2) is 0 Å². The predicted molar refractivity (Wildman–Crippen MR) is 64.4 cm³/mol. The maximum absolute atomic E-state index is 11.3. The van der Waals surface area contributed by atoms with Crippen molar-refractivity contribution in [2.45, 2.75) is 51.7 Å². The smallest absolute Gasteiger partial charge is 0.221 e. The number of hydrogen-bond donors (Lipinski definition) is 2. The van der Waals surface area contributed by atoms with Gasteiger partial charge in [0, 0.05) is 32.2 Å². The van der Waals surface area contributed by atoms with Crippen LogP contribution in [-0.2, 0) is 9.53 Å². The quantitative estimate of drug-likeness (QED) is 0.668. The highest BCUT2D eigenvalue weighted by molar-refractivity contribution is 5.76. The molecule has 0 bridgehead atoms. The monoisotopic (exact) mass is 228 g/mol. The molecule has 1 heterocycles. The van der Waals surface area contributed by atoms with Crippen molar-refractivity contribution >= 4 is 5.91 Å². The Kier molecular flexibility index (Phi) is 5.22. The van der Waals surface area contributed by atoms with E-state index in [0.717, 1.165) is 32.5 Å². The normalized spacial score (nSPS) is 25.0. The Bertz CT molecular complexity index is 223. The molecule has 1 aliphatic heterocycles. The molecule has 1 atom stereocenters. The lowest BCUT2D eigenvalue weighted by atomic mass is 10.0. The predicted octanol–water partition coefficient (Wildman–Crippen LogP) is 1.06. The van der Waals surface area contributed by atoms with Gasteiger partial charge in [-0.2, -0.15) is 0 Å².